The SMILES string of the molecule is CCN1C(=O)N(CCC(C)C)C2(CCN(CC(Cl)=Cc3ccccc3)CC2)C1=O. The van der Waals surface area contributed by atoms with Crippen molar-refractivity contribution < 1.29 is 9.59 Å². The molecule has 6 heteroatoms. The number of halogens is 1. The number of hydrogen-bond donors (Lipinski definition) is 0. The minimum absolute atomic E-state index is 0.0145. The Morgan fingerprint density at radius 3 is 2.41 bits per heavy atom. The van der Waals surface area contributed by atoms with Crippen LogP contribution in [0.5, 0.6) is 0 Å². The molecule has 0 aromatic heterocycles. The smallest absolute Gasteiger partial charge is 0.309 e. The van der Waals surface area contributed by atoms with Crippen molar-refractivity contribution in [1.82, 2.24) is 14.7 Å². The maximum Gasteiger partial charge on any atom is 0.327 e. The standard InChI is InChI=1S/C23H32ClN3O2/c1-4-26-21(28)23(27(22(26)29)13-10-18(2)3)11-14-25(15-12-23)17-20(24)16-19-8-6-5-7-9-19/h5-9,16,18H,4,10-15,17H2,1-3H3. The molecule has 0 atom stereocenters. The highest BCUT2D eigenvalue weighted by Gasteiger charge is 2.57. The lowest BCUT2D eigenvalue weighted by molar-refractivity contribution is -0.135. The Kier molecular flexibility index (Phi) is 7.01. The number of hydrogen-bond acceptors (Lipinski definition) is 3. The molecule has 5 nitrogen and oxygen atoms in total. The van der Waals surface area contributed by atoms with E-state index in [9.17, 15) is 9.59 Å². The summed E-state index contributed by atoms with van der Waals surface area (Å²) in [6.07, 6.45) is 4.24. The first-order valence-corrected chi connectivity index (χ1v) is 11.0. The minimum atomic E-state index is -0.673. The molecule has 0 N–H and O–H groups in total. The third kappa shape index (κ3) is 4.67. The van der Waals surface area contributed by atoms with Crippen LogP contribution in [0.1, 0.15) is 45.6 Å². The molecule has 29 heavy (non-hydrogen) atoms. The lowest BCUT2D eigenvalue weighted by atomic mass is 9.85. The van der Waals surface area contributed by atoms with Crippen LogP contribution in [0.3, 0.4) is 0 Å². The molecule has 0 bridgehead atoms. The van der Waals surface area contributed by atoms with E-state index in [-0.39, 0.29) is 11.9 Å². The van der Waals surface area contributed by atoms with Gasteiger partial charge in [0, 0.05) is 37.8 Å². The molecule has 2 heterocycles. The highest BCUT2D eigenvalue weighted by atomic mass is 35.5. The second-order valence-electron chi connectivity index (χ2n) is 8.48. The third-order valence-electron chi connectivity index (χ3n) is 6.05. The van der Waals surface area contributed by atoms with Crippen molar-refractivity contribution in [2.24, 2.45) is 5.92 Å². The topological polar surface area (TPSA) is 43.9 Å². The highest BCUT2D eigenvalue weighted by molar-refractivity contribution is 6.31. The van der Waals surface area contributed by atoms with Gasteiger partial charge in [-0.15, -0.1) is 0 Å². The Morgan fingerprint density at radius 1 is 1.17 bits per heavy atom. The fraction of sp³-hybridized carbons (Fsp3) is 0.565. The second kappa shape index (κ2) is 9.31. The number of imide groups is 1. The molecule has 3 rings (SSSR count). The molecule has 0 unspecified atom stereocenters. The molecule has 0 saturated carbocycles. The fourth-order valence-corrected chi connectivity index (χ4v) is 4.61. The van der Waals surface area contributed by atoms with E-state index in [0.29, 0.717) is 38.4 Å². The average molecular weight is 418 g/mol. The first-order valence-electron chi connectivity index (χ1n) is 10.6. The van der Waals surface area contributed by atoms with Gasteiger partial charge in [0.2, 0.25) is 0 Å². The van der Waals surface area contributed by atoms with Crippen molar-refractivity contribution in [3.8, 4) is 0 Å². The van der Waals surface area contributed by atoms with Crippen LogP contribution in [0.25, 0.3) is 6.08 Å². The molecule has 1 aromatic rings. The normalized spacial score (nSPS) is 20.4. The molecule has 2 fully saturated rings. The summed E-state index contributed by atoms with van der Waals surface area (Å²) in [7, 11) is 0. The van der Waals surface area contributed by atoms with Gasteiger partial charge in [-0.05, 0) is 43.7 Å². The minimum Gasteiger partial charge on any atom is -0.309 e. The van der Waals surface area contributed by atoms with Crippen LogP contribution in [0, 0.1) is 5.92 Å². The summed E-state index contributed by atoms with van der Waals surface area (Å²) >= 11 is 6.49. The highest BCUT2D eigenvalue weighted by Crippen LogP contribution is 2.38. The van der Waals surface area contributed by atoms with Crippen LogP contribution in [0.4, 0.5) is 4.79 Å². The molecule has 0 radical (unpaired) electrons. The van der Waals surface area contributed by atoms with Gasteiger partial charge in [-0.1, -0.05) is 55.8 Å². The quantitative estimate of drug-likeness (QED) is 0.616. The summed E-state index contributed by atoms with van der Waals surface area (Å²) in [6.45, 7) is 9.44. The van der Waals surface area contributed by atoms with Crippen molar-refractivity contribution in [3.63, 3.8) is 0 Å². The molecule has 1 spiro atoms. The summed E-state index contributed by atoms with van der Waals surface area (Å²) in [5.41, 5.74) is 0.412. The first kappa shape index (κ1) is 21.8. The van der Waals surface area contributed by atoms with Crippen molar-refractivity contribution in [2.45, 2.75) is 45.6 Å². The molecule has 2 aliphatic heterocycles. The van der Waals surface area contributed by atoms with E-state index < -0.39 is 5.54 Å². The largest absolute Gasteiger partial charge is 0.327 e. The maximum absolute atomic E-state index is 13.2. The predicted molar refractivity (Wildman–Crippen MR) is 118 cm³/mol. The van der Waals surface area contributed by atoms with Crippen molar-refractivity contribution in [2.75, 3.05) is 32.7 Å². The number of rotatable bonds is 7. The number of carbonyl (C=O) groups is 2. The number of nitrogens with zero attached hydrogens (tertiary/aromatic N) is 3. The van der Waals surface area contributed by atoms with Gasteiger partial charge in [0.25, 0.3) is 5.91 Å². The van der Waals surface area contributed by atoms with Gasteiger partial charge in [0.1, 0.15) is 5.54 Å². The van der Waals surface area contributed by atoms with Gasteiger partial charge in [-0.3, -0.25) is 14.6 Å². The lowest BCUT2D eigenvalue weighted by Crippen LogP contribution is -2.57. The van der Waals surface area contributed by atoms with Crippen molar-refractivity contribution >= 4 is 29.6 Å². The van der Waals surface area contributed by atoms with Gasteiger partial charge in [-0.2, -0.15) is 0 Å². The Balaban J connectivity index is 1.68. The predicted octanol–water partition coefficient (Wildman–Crippen LogP) is 4.43. The molecule has 158 valence electrons. The zero-order chi connectivity index (χ0) is 21.0. The maximum atomic E-state index is 13.2. The van der Waals surface area contributed by atoms with E-state index in [4.69, 9.17) is 11.6 Å². The molecule has 2 saturated heterocycles. The Labute approximate surface area is 179 Å². The van der Waals surface area contributed by atoms with Gasteiger partial charge >= 0.3 is 6.03 Å². The van der Waals surface area contributed by atoms with Gasteiger partial charge in [-0.25, -0.2) is 4.79 Å². The molecule has 0 aliphatic carbocycles. The zero-order valence-corrected chi connectivity index (χ0v) is 18.5. The van der Waals surface area contributed by atoms with E-state index >= 15 is 0 Å². The van der Waals surface area contributed by atoms with Gasteiger partial charge in [0.05, 0.1) is 0 Å². The van der Waals surface area contributed by atoms with Crippen LogP contribution in [-0.2, 0) is 4.79 Å². The van der Waals surface area contributed by atoms with Gasteiger partial charge < -0.3 is 4.90 Å². The van der Waals surface area contributed by atoms with E-state index in [1.807, 2.05) is 48.2 Å². The first-order chi connectivity index (χ1) is 13.9. The summed E-state index contributed by atoms with van der Waals surface area (Å²) in [5, 5.41) is 0.785. The monoisotopic (exact) mass is 417 g/mol. The number of likely N-dealkylation sites (tertiary alicyclic amines) is 1. The average Bonchev–Trinajstić information content (AvgIpc) is 2.88. The summed E-state index contributed by atoms with van der Waals surface area (Å²) in [4.78, 5) is 31.6. The van der Waals surface area contributed by atoms with E-state index in [1.54, 1.807) is 0 Å². The Hall–Kier alpha value is -1.85. The van der Waals surface area contributed by atoms with Crippen LogP contribution >= 0.6 is 11.6 Å². The van der Waals surface area contributed by atoms with E-state index in [0.717, 1.165) is 30.1 Å². The summed E-state index contributed by atoms with van der Waals surface area (Å²) in [6, 6.07) is 9.92. The fourth-order valence-electron chi connectivity index (χ4n) is 4.31. The summed E-state index contributed by atoms with van der Waals surface area (Å²) < 4.78 is 0. The van der Waals surface area contributed by atoms with Crippen LogP contribution < -0.4 is 0 Å². The molecular formula is C23H32ClN3O2. The summed E-state index contributed by atoms with van der Waals surface area (Å²) in [5.74, 6) is 0.479. The molecular weight excluding hydrogens is 386 g/mol. The molecule has 1 aromatic carbocycles. The second-order valence-corrected chi connectivity index (χ2v) is 8.96. The van der Waals surface area contributed by atoms with Crippen LogP contribution in [-0.4, -0.2) is 64.9 Å². The van der Waals surface area contributed by atoms with E-state index in [2.05, 4.69) is 18.7 Å². The number of urea groups is 1. The van der Waals surface area contributed by atoms with Crippen LogP contribution in [0.2, 0.25) is 0 Å². The zero-order valence-electron chi connectivity index (χ0n) is 17.7. The van der Waals surface area contributed by atoms with E-state index in [1.165, 1.54) is 4.90 Å². The molecule has 2 aliphatic rings. The number of piperidine rings is 1. The third-order valence-corrected chi connectivity index (χ3v) is 6.28. The number of carbonyl (C=O) groups excluding carboxylic acids is 2. The Bertz CT molecular complexity index is 755. The molecule has 3 amide bonds. The number of likely N-dealkylation sites (N-methyl/N-ethyl adjacent to an activating group) is 1. The lowest BCUT2D eigenvalue weighted by Gasteiger charge is -2.42. The van der Waals surface area contributed by atoms with Crippen molar-refractivity contribution in [1.29, 1.82) is 0 Å². The van der Waals surface area contributed by atoms with Crippen LogP contribution in [0.15, 0.2) is 35.4 Å². The number of amides is 3. The number of benzene rings is 1. The Morgan fingerprint density at radius 2 is 1.83 bits per heavy atom. The van der Waals surface area contributed by atoms with Crippen molar-refractivity contribution in [3.05, 3.63) is 40.9 Å². The van der Waals surface area contributed by atoms with Gasteiger partial charge in [0.15, 0.2) is 0 Å².